The number of nitrogens with zero attached hydrogens (tertiary/aromatic N) is 7. The number of halogens is 1. The van der Waals surface area contributed by atoms with Gasteiger partial charge in [-0.25, -0.2) is 4.98 Å². The van der Waals surface area contributed by atoms with Gasteiger partial charge in [0.1, 0.15) is 11.1 Å². The summed E-state index contributed by atoms with van der Waals surface area (Å²) in [5, 5.41) is 11.0. The fourth-order valence-electron chi connectivity index (χ4n) is 5.28. The van der Waals surface area contributed by atoms with Gasteiger partial charge >= 0.3 is 0 Å². The molecule has 4 rings (SSSR count). The minimum Gasteiger partial charge on any atom is -0.306 e. The number of anilines is 1. The van der Waals surface area contributed by atoms with Gasteiger partial charge in [0.2, 0.25) is 5.82 Å². The lowest BCUT2D eigenvalue weighted by Crippen LogP contribution is -2.48. The molecule has 38 heavy (non-hydrogen) atoms. The summed E-state index contributed by atoms with van der Waals surface area (Å²) in [7, 11) is 2.24. The zero-order valence-corrected chi connectivity index (χ0v) is 23.5. The van der Waals surface area contributed by atoms with Crippen molar-refractivity contribution in [1.82, 2.24) is 30.1 Å². The van der Waals surface area contributed by atoms with Crippen LogP contribution in [0.4, 0.5) is 5.82 Å². The number of piperidine rings is 1. The topological polar surface area (TPSA) is 91.6 Å². The van der Waals surface area contributed by atoms with Crippen LogP contribution in [0.3, 0.4) is 0 Å². The quantitative estimate of drug-likeness (QED) is 0.486. The molecule has 1 N–H and O–H groups in total. The number of nitrogens with one attached hydrogen (secondary N) is 1. The van der Waals surface area contributed by atoms with Gasteiger partial charge in [-0.2, -0.15) is 10.2 Å². The molecule has 1 aromatic carbocycles. The van der Waals surface area contributed by atoms with Gasteiger partial charge in [0, 0.05) is 57.9 Å². The van der Waals surface area contributed by atoms with E-state index in [-0.39, 0.29) is 22.7 Å². The van der Waals surface area contributed by atoms with Crippen LogP contribution >= 0.6 is 11.6 Å². The smallest absolute Gasteiger partial charge is 0.269 e. The molecule has 204 valence electrons. The number of hydrazine groups is 1. The Morgan fingerprint density at radius 2 is 1.89 bits per heavy atom. The molecule has 0 bridgehead atoms. The van der Waals surface area contributed by atoms with Crippen molar-refractivity contribution in [2.75, 3.05) is 64.4 Å². The van der Waals surface area contributed by atoms with Crippen molar-refractivity contribution >= 4 is 23.3 Å². The number of hydrogen-bond acceptors (Lipinski definition) is 8. The monoisotopic (exact) mass is 538 g/mol. The van der Waals surface area contributed by atoms with Gasteiger partial charge in [0.05, 0.1) is 6.20 Å². The van der Waals surface area contributed by atoms with E-state index in [1.165, 1.54) is 44.2 Å². The Morgan fingerprint density at radius 3 is 2.55 bits per heavy atom. The molecule has 0 aliphatic carbocycles. The molecule has 1 unspecified atom stereocenters. The molecule has 2 fully saturated rings. The standard InChI is InChI=1S/C28H39ClN8O/c1-21(2)17-37(27-25(29)16-31-26(15-30)32-27)33-28(38)24-8-6-22(7-9-24)19-35-11-13-36(14-12-35)20-23-5-4-10-34(3)18-23/h6-9,16,21,23H,4-5,10-14,17-20H2,1-3H3,(H,33,38). The van der Waals surface area contributed by atoms with E-state index in [4.69, 9.17) is 11.6 Å². The average molecular weight is 539 g/mol. The number of carbonyl (C=O) groups is 1. The molecule has 3 heterocycles. The third kappa shape index (κ3) is 7.87. The van der Waals surface area contributed by atoms with Crippen molar-refractivity contribution in [3.63, 3.8) is 0 Å². The summed E-state index contributed by atoms with van der Waals surface area (Å²) < 4.78 is 0. The minimum absolute atomic E-state index is 0.000757. The van der Waals surface area contributed by atoms with Crippen molar-refractivity contribution < 1.29 is 4.79 Å². The van der Waals surface area contributed by atoms with E-state index in [9.17, 15) is 10.1 Å². The molecule has 10 heteroatoms. The molecule has 2 saturated heterocycles. The van der Waals surface area contributed by atoms with Crippen LogP contribution in [0.25, 0.3) is 0 Å². The number of aromatic nitrogens is 2. The Hall–Kier alpha value is -2.77. The minimum atomic E-state index is -0.257. The third-order valence-electron chi connectivity index (χ3n) is 7.19. The lowest BCUT2D eigenvalue weighted by molar-refractivity contribution is 0.0929. The Kier molecular flexibility index (Phi) is 9.91. The molecule has 1 aromatic heterocycles. The number of rotatable bonds is 9. The van der Waals surface area contributed by atoms with Gasteiger partial charge in [0.25, 0.3) is 5.91 Å². The number of piperazine rings is 1. The third-order valence-corrected chi connectivity index (χ3v) is 7.46. The van der Waals surface area contributed by atoms with Crippen molar-refractivity contribution in [3.8, 4) is 6.07 Å². The van der Waals surface area contributed by atoms with Crippen molar-refractivity contribution in [3.05, 3.63) is 52.4 Å². The summed E-state index contributed by atoms with van der Waals surface area (Å²) in [6.07, 6.45) is 4.05. The van der Waals surface area contributed by atoms with Gasteiger partial charge in [-0.15, -0.1) is 0 Å². The highest BCUT2D eigenvalue weighted by Gasteiger charge is 2.23. The maximum absolute atomic E-state index is 13.1. The normalized spacial score (nSPS) is 19.3. The maximum Gasteiger partial charge on any atom is 0.269 e. The van der Waals surface area contributed by atoms with Gasteiger partial charge in [0.15, 0.2) is 5.82 Å². The molecule has 1 amide bonds. The van der Waals surface area contributed by atoms with E-state index in [0.717, 1.165) is 38.6 Å². The Bertz CT molecular complexity index is 1110. The molecule has 0 saturated carbocycles. The molecule has 0 radical (unpaired) electrons. The zero-order chi connectivity index (χ0) is 27.1. The first-order valence-corrected chi connectivity index (χ1v) is 13.9. The van der Waals surface area contributed by atoms with Crippen LogP contribution in [0.15, 0.2) is 30.5 Å². The molecule has 9 nitrogen and oxygen atoms in total. The lowest BCUT2D eigenvalue weighted by atomic mass is 9.97. The highest BCUT2D eigenvalue weighted by Crippen LogP contribution is 2.23. The predicted molar refractivity (Wildman–Crippen MR) is 150 cm³/mol. The number of likely N-dealkylation sites (tertiary alicyclic amines) is 1. The molecule has 2 aliphatic rings. The van der Waals surface area contributed by atoms with Crippen LogP contribution < -0.4 is 10.4 Å². The maximum atomic E-state index is 13.1. The summed E-state index contributed by atoms with van der Waals surface area (Å²) in [6, 6.07) is 9.69. The largest absolute Gasteiger partial charge is 0.306 e. The Labute approximate surface area is 231 Å². The summed E-state index contributed by atoms with van der Waals surface area (Å²) in [5.41, 5.74) is 4.65. The number of benzene rings is 1. The zero-order valence-electron chi connectivity index (χ0n) is 22.7. The number of amides is 1. The van der Waals surface area contributed by atoms with E-state index >= 15 is 0 Å². The van der Waals surface area contributed by atoms with Gasteiger partial charge in [-0.3, -0.25) is 20.1 Å². The molecular weight excluding hydrogens is 500 g/mol. The summed E-state index contributed by atoms with van der Waals surface area (Å²) in [4.78, 5) is 28.8. The van der Waals surface area contributed by atoms with E-state index in [1.54, 1.807) is 5.01 Å². The molecule has 0 spiro atoms. The number of carbonyl (C=O) groups excluding carboxylic acids is 1. The highest BCUT2D eigenvalue weighted by atomic mass is 35.5. The first-order valence-electron chi connectivity index (χ1n) is 13.5. The van der Waals surface area contributed by atoms with E-state index in [1.807, 2.05) is 44.2 Å². The fraction of sp³-hybridized carbons (Fsp3) is 0.571. The second kappa shape index (κ2) is 13.3. The van der Waals surface area contributed by atoms with Gasteiger partial charge < -0.3 is 9.80 Å². The molecule has 2 aliphatic heterocycles. The molecule has 1 atom stereocenters. The first kappa shape index (κ1) is 28.2. The van der Waals surface area contributed by atoms with Gasteiger partial charge in [-0.1, -0.05) is 37.6 Å². The Balaban J connectivity index is 1.30. The second-order valence-corrected chi connectivity index (χ2v) is 11.4. The molecule has 2 aromatic rings. The second-order valence-electron chi connectivity index (χ2n) is 11.0. The average Bonchev–Trinajstić information content (AvgIpc) is 2.90. The van der Waals surface area contributed by atoms with Crippen LogP contribution in [-0.2, 0) is 6.54 Å². The molecular formula is C28H39ClN8O. The van der Waals surface area contributed by atoms with Crippen LogP contribution in [0.2, 0.25) is 5.02 Å². The Morgan fingerprint density at radius 1 is 1.18 bits per heavy atom. The SMILES string of the molecule is CC(C)CN(NC(=O)c1ccc(CN2CCN(CC3CCCN(C)C3)CC2)cc1)c1nc(C#N)ncc1Cl. The lowest BCUT2D eigenvalue weighted by Gasteiger charge is -2.38. The van der Waals surface area contributed by atoms with Crippen molar-refractivity contribution in [1.29, 1.82) is 5.26 Å². The fourth-order valence-corrected chi connectivity index (χ4v) is 5.47. The number of hydrogen-bond donors (Lipinski definition) is 1. The van der Waals surface area contributed by atoms with E-state index < -0.39 is 0 Å². The highest BCUT2D eigenvalue weighted by molar-refractivity contribution is 6.32. The van der Waals surface area contributed by atoms with Crippen molar-refractivity contribution in [2.24, 2.45) is 11.8 Å². The van der Waals surface area contributed by atoms with Crippen LogP contribution in [-0.4, -0.2) is 90.0 Å². The van der Waals surface area contributed by atoms with Crippen molar-refractivity contribution in [2.45, 2.75) is 33.2 Å². The van der Waals surface area contributed by atoms with Crippen LogP contribution in [0, 0.1) is 23.2 Å². The predicted octanol–water partition coefficient (Wildman–Crippen LogP) is 3.27. The summed E-state index contributed by atoms with van der Waals surface area (Å²) in [5.74, 6) is 1.08. The van der Waals surface area contributed by atoms with E-state index in [0.29, 0.717) is 17.9 Å². The summed E-state index contributed by atoms with van der Waals surface area (Å²) >= 11 is 6.30. The van der Waals surface area contributed by atoms with Crippen LogP contribution in [0.1, 0.15) is 48.4 Å². The van der Waals surface area contributed by atoms with E-state index in [2.05, 4.69) is 37.1 Å². The summed E-state index contributed by atoms with van der Waals surface area (Å²) in [6.45, 7) is 13.5. The van der Waals surface area contributed by atoms with Gasteiger partial charge in [-0.05, 0) is 56.0 Å². The first-order chi connectivity index (χ1) is 18.3. The van der Waals surface area contributed by atoms with Crippen LogP contribution in [0.5, 0.6) is 0 Å². The number of nitriles is 1.